The number of hydrogen-bond donors (Lipinski definition) is 1. The number of halogens is 2. The summed E-state index contributed by atoms with van der Waals surface area (Å²) in [5.74, 6) is 0.0135. The predicted molar refractivity (Wildman–Crippen MR) is 110 cm³/mol. The van der Waals surface area contributed by atoms with Crippen molar-refractivity contribution in [3.8, 4) is 11.3 Å². The molecule has 0 atom stereocenters. The Bertz CT molecular complexity index is 1020. The van der Waals surface area contributed by atoms with Crippen LogP contribution in [-0.2, 0) is 4.74 Å². The van der Waals surface area contributed by atoms with Crippen molar-refractivity contribution in [3.05, 3.63) is 71.3 Å². The number of amides is 1. The minimum absolute atomic E-state index is 0.0435. The van der Waals surface area contributed by atoms with Gasteiger partial charge in [-0.05, 0) is 30.3 Å². The van der Waals surface area contributed by atoms with Crippen LogP contribution >= 0.6 is 11.6 Å². The van der Waals surface area contributed by atoms with Gasteiger partial charge in [0.25, 0.3) is 5.91 Å². The minimum Gasteiger partial charge on any atom is -0.378 e. The number of aromatic nitrogens is 2. The number of morpholine rings is 1. The smallest absolute Gasteiger partial charge is 0.255 e. The van der Waals surface area contributed by atoms with E-state index >= 15 is 0 Å². The second-order valence-electron chi connectivity index (χ2n) is 6.52. The van der Waals surface area contributed by atoms with E-state index in [4.69, 9.17) is 16.3 Å². The van der Waals surface area contributed by atoms with Crippen LogP contribution in [0.4, 0.5) is 15.9 Å². The van der Waals surface area contributed by atoms with Crippen molar-refractivity contribution in [1.29, 1.82) is 0 Å². The second kappa shape index (κ2) is 8.55. The van der Waals surface area contributed by atoms with Crippen LogP contribution in [0.5, 0.6) is 0 Å². The molecular weight excluding hydrogens is 395 g/mol. The molecule has 0 unspecified atom stereocenters. The van der Waals surface area contributed by atoms with Gasteiger partial charge in [-0.2, -0.15) is 0 Å². The van der Waals surface area contributed by atoms with E-state index in [-0.39, 0.29) is 10.9 Å². The van der Waals surface area contributed by atoms with E-state index in [0.717, 1.165) is 30.2 Å². The summed E-state index contributed by atoms with van der Waals surface area (Å²) in [6.45, 7) is 2.96. The van der Waals surface area contributed by atoms with Crippen molar-refractivity contribution in [1.82, 2.24) is 9.97 Å². The fourth-order valence-corrected chi connectivity index (χ4v) is 3.22. The Morgan fingerprint density at radius 2 is 1.83 bits per heavy atom. The molecule has 8 heteroatoms. The predicted octanol–water partition coefficient (Wildman–Crippen LogP) is 4.03. The Morgan fingerprint density at radius 1 is 1.07 bits per heavy atom. The first-order valence-corrected chi connectivity index (χ1v) is 9.49. The molecule has 148 valence electrons. The molecule has 2 heterocycles. The highest BCUT2D eigenvalue weighted by Crippen LogP contribution is 2.23. The molecule has 29 heavy (non-hydrogen) atoms. The van der Waals surface area contributed by atoms with E-state index in [1.165, 1.54) is 18.2 Å². The lowest BCUT2D eigenvalue weighted by molar-refractivity contribution is 0.102. The lowest BCUT2D eigenvalue weighted by Crippen LogP contribution is -2.36. The van der Waals surface area contributed by atoms with Crippen LogP contribution in [0.3, 0.4) is 0 Å². The van der Waals surface area contributed by atoms with Gasteiger partial charge in [0.15, 0.2) is 0 Å². The summed E-state index contributed by atoms with van der Waals surface area (Å²) in [6, 6.07) is 13.1. The third kappa shape index (κ3) is 4.52. The van der Waals surface area contributed by atoms with E-state index in [0.29, 0.717) is 24.5 Å². The number of rotatable bonds is 4. The quantitative estimate of drug-likeness (QED) is 0.700. The summed E-state index contributed by atoms with van der Waals surface area (Å²) >= 11 is 5.75. The lowest BCUT2D eigenvalue weighted by Gasteiger charge is -2.27. The van der Waals surface area contributed by atoms with Gasteiger partial charge in [0.05, 0.1) is 23.9 Å². The summed E-state index contributed by atoms with van der Waals surface area (Å²) < 4.78 is 18.6. The van der Waals surface area contributed by atoms with Gasteiger partial charge in [-0.25, -0.2) is 14.4 Å². The number of anilines is 2. The molecule has 1 fully saturated rings. The zero-order chi connectivity index (χ0) is 20.2. The summed E-state index contributed by atoms with van der Waals surface area (Å²) in [6.07, 6.45) is 1.54. The molecular formula is C21H18ClFN4O2. The van der Waals surface area contributed by atoms with E-state index < -0.39 is 5.82 Å². The molecule has 3 aromatic rings. The molecule has 0 bridgehead atoms. The molecule has 2 aromatic carbocycles. The van der Waals surface area contributed by atoms with Crippen LogP contribution in [0.2, 0.25) is 5.02 Å². The molecule has 1 aliphatic heterocycles. The summed E-state index contributed by atoms with van der Waals surface area (Å²) in [5.41, 5.74) is 2.55. The Kier molecular flexibility index (Phi) is 5.69. The third-order valence-electron chi connectivity index (χ3n) is 4.61. The summed E-state index contributed by atoms with van der Waals surface area (Å²) in [7, 11) is 0. The molecule has 0 spiro atoms. The Labute approximate surface area is 172 Å². The SMILES string of the molecule is O=C(Nc1ccc(F)c(Cl)c1)c1ccc(-c2cc(N3CCOCC3)ncn2)cc1. The molecule has 0 saturated carbocycles. The first-order chi connectivity index (χ1) is 14.1. The number of benzene rings is 2. The molecule has 1 saturated heterocycles. The van der Waals surface area contributed by atoms with E-state index in [2.05, 4.69) is 20.2 Å². The number of carbonyl (C=O) groups excluding carboxylic acids is 1. The lowest BCUT2D eigenvalue weighted by atomic mass is 10.1. The van der Waals surface area contributed by atoms with Gasteiger partial charge in [0, 0.05) is 36.0 Å². The number of nitrogens with zero attached hydrogens (tertiary/aromatic N) is 3. The van der Waals surface area contributed by atoms with Crippen LogP contribution in [0, 0.1) is 5.82 Å². The Morgan fingerprint density at radius 3 is 2.55 bits per heavy atom. The van der Waals surface area contributed by atoms with Crippen LogP contribution in [-0.4, -0.2) is 42.2 Å². The first kappa shape index (κ1) is 19.3. The molecule has 1 aliphatic rings. The minimum atomic E-state index is -0.532. The third-order valence-corrected chi connectivity index (χ3v) is 4.90. The molecule has 1 aromatic heterocycles. The average Bonchev–Trinajstić information content (AvgIpc) is 2.77. The van der Waals surface area contributed by atoms with Crippen molar-refractivity contribution >= 4 is 29.0 Å². The van der Waals surface area contributed by atoms with Gasteiger partial charge in [0.1, 0.15) is 18.0 Å². The van der Waals surface area contributed by atoms with E-state index in [9.17, 15) is 9.18 Å². The highest BCUT2D eigenvalue weighted by atomic mass is 35.5. The number of hydrogen-bond acceptors (Lipinski definition) is 5. The van der Waals surface area contributed by atoms with Gasteiger partial charge in [-0.15, -0.1) is 0 Å². The van der Waals surface area contributed by atoms with Crippen molar-refractivity contribution in [2.75, 3.05) is 36.5 Å². The van der Waals surface area contributed by atoms with Crippen LogP contribution < -0.4 is 10.2 Å². The molecule has 6 nitrogen and oxygen atoms in total. The molecule has 1 amide bonds. The Balaban J connectivity index is 1.48. The highest BCUT2D eigenvalue weighted by Gasteiger charge is 2.14. The molecule has 1 N–H and O–H groups in total. The monoisotopic (exact) mass is 412 g/mol. The van der Waals surface area contributed by atoms with Gasteiger partial charge in [0.2, 0.25) is 0 Å². The largest absolute Gasteiger partial charge is 0.378 e. The maximum atomic E-state index is 13.2. The zero-order valence-corrected chi connectivity index (χ0v) is 16.2. The first-order valence-electron chi connectivity index (χ1n) is 9.12. The fourth-order valence-electron chi connectivity index (χ4n) is 3.04. The van der Waals surface area contributed by atoms with Crippen molar-refractivity contribution in [3.63, 3.8) is 0 Å². The molecule has 0 radical (unpaired) electrons. The van der Waals surface area contributed by atoms with Crippen LogP contribution in [0.1, 0.15) is 10.4 Å². The van der Waals surface area contributed by atoms with Gasteiger partial charge in [-0.1, -0.05) is 23.7 Å². The zero-order valence-electron chi connectivity index (χ0n) is 15.4. The molecule has 4 rings (SSSR count). The van der Waals surface area contributed by atoms with Crippen LogP contribution in [0.25, 0.3) is 11.3 Å². The average molecular weight is 413 g/mol. The van der Waals surface area contributed by atoms with Gasteiger partial charge >= 0.3 is 0 Å². The van der Waals surface area contributed by atoms with Crippen LogP contribution in [0.15, 0.2) is 54.9 Å². The Hall–Kier alpha value is -3.03. The van der Waals surface area contributed by atoms with Crippen molar-refractivity contribution in [2.45, 2.75) is 0 Å². The number of carbonyl (C=O) groups is 1. The number of ether oxygens (including phenoxy) is 1. The van der Waals surface area contributed by atoms with Crippen molar-refractivity contribution in [2.24, 2.45) is 0 Å². The van der Waals surface area contributed by atoms with Gasteiger partial charge in [-0.3, -0.25) is 4.79 Å². The summed E-state index contributed by atoms with van der Waals surface area (Å²) in [4.78, 5) is 23.3. The number of nitrogens with one attached hydrogen (secondary N) is 1. The topological polar surface area (TPSA) is 67.4 Å². The second-order valence-corrected chi connectivity index (χ2v) is 6.93. The maximum Gasteiger partial charge on any atom is 0.255 e. The summed E-state index contributed by atoms with van der Waals surface area (Å²) in [5, 5.41) is 2.66. The maximum absolute atomic E-state index is 13.2. The standard InChI is InChI=1S/C21H18ClFN4O2/c22-17-11-16(5-6-18(17)23)26-21(28)15-3-1-14(2-4-15)19-12-20(25-13-24-19)27-7-9-29-10-8-27/h1-6,11-13H,7-10H2,(H,26,28). The van der Waals surface area contributed by atoms with Crippen molar-refractivity contribution < 1.29 is 13.9 Å². The van der Waals surface area contributed by atoms with Gasteiger partial charge < -0.3 is 15.0 Å². The highest BCUT2D eigenvalue weighted by molar-refractivity contribution is 6.31. The molecule has 0 aliphatic carbocycles. The fraction of sp³-hybridized carbons (Fsp3) is 0.190. The van der Waals surface area contributed by atoms with E-state index in [1.54, 1.807) is 18.5 Å². The normalized spacial score (nSPS) is 13.9. The van der Waals surface area contributed by atoms with E-state index in [1.807, 2.05) is 18.2 Å².